The van der Waals surface area contributed by atoms with Gasteiger partial charge >= 0.3 is 5.97 Å². The molecule has 0 spiro atoms. The first-order valence-corrected chi connectivity index (χ1v) is 5.23. The predicted molar refractivity (Wildman–Crippen MR) is 55.9 cm³/mol. The third kappa shape index (κ3) is 5.22. The van der Waals surface area contributed by atoms with E-state index >= 15 is 0 Å². The van der Waals surface area contributed by atoms with Gasteiger partial charge in [-0.15, -0.1) is 0 Å². The number of ether oxygens (including phenoxy) is 1. The number of esters is 1. The van der Waals surface area contributed by atoms with E-state index in [1.807, 2.05) is 20.8 Å². The van der Waals surface area contributed by atoms with E-state index in [4.69, 9.17) is 4.74 Å². The van der Waals surface area contributed by atoms with Gasteiger partial charge in [0.2, 0.25) is 0 Å². The van der Waals surface area contributed by atoms with Crippen LogP contribution in [0.3, 0.4) is 0 Å². The average molecular weight is 202 g/mol. The van der Waals surface area contributed by atoms with Crippen molar-refractivity contribution in [3.8, 4) is 0 Å². The van der Waals surface area contributed by atoms with E-state index in [2.05, 4.69) is 0 Å². The molecule has 0 bridgehead atoms. The van der Waals surface area contributed by atoms with E-state index in [1.54, 1.807) is 13.8 Å². The van der Waals surface area contributed by atoms with Crippen molar-refractivity contribution in [3.63, 3.8) is 0 Å². The van der Waals surface area contributed by atoms with Gasteiger partial charge in [0.05, 0.1) is 12.0 Å². The molecule has 3 nitrogen and oxygen atoms in total. The minimum absolute atomic E-state index is 0.103. The second-order valence-electron chi connectivity index (χ2n) is 4.45. The summed E-state index contributed by atoms with van der Waals surface area (Å²) in [5.74, 6) is -0.0997. The highest BCUT2D eigenvalue weighted by molar-refractivity contribution is 5.71. The second-order valence-corrected chi connectivity index (χ2v) is 4.45. The van der Waals surface area contributed by atoms with Crippen LogP contribution in [0, 0.1) is 11.8 Å². The summed E-state index contributed by atoms with van der Waals surface area (Å²) in [4.78, 5) is 11.2. The summed E-state index contributed by atoms with van der Waals surface area (Å²) in [6.45, 7) is 9.30. The minimum atomic E-state index is -0.398. The number of aliphatic hydroxyl groups is 1. The lowest BCUT2D eigenvalue weighted by Gasteiger charge is -2.20. The minimum Gasteiger partial charge on any atom is -0.462 e. The zero-order chi connectivity index (χ0) is 11.3. The average Bonchev–Trinajstić information content (AvgIpc) is 2.03. The number of carbonyl (C=O) groups excluding carboxylic acids is 1. The molecule has 0 aliphatic carbocycles. The van der Waals surface area contributed by atoms with Crippen molar-refractivity contribution in [3.05, 3.63) is 0 Å². The van der Waals surface area contributed by atoms with Crippen LogP contribution in [0.25, 0.3) is 0 Å². The van der Waals surface area contributed by atoms with E-state index in [0.29, 0.717) is 6.42 Å². The van der Waals surface area contributed by atoms with Crippen LogP contribution in [-0.2, 0) is 9.53 Å². The molecule has 0 aliphatic rings. The molecule has 14 heavy (non-hydrogen) atoms. The maximum atomic E-state index is 11.2. The summed E-state index contributed by atoms with van der Waals surface area (Å²) in [6.07, 6.45) is -0.0943. The molecule has 0 aromatic rings. The normalized spacial score (nSPS) is 15.7. The number of aliphatic hydroxyl groups excluding tert-OH is 1. The Morgan fingerprint density at radius 2 is 1.71 bits per heavy atom. The fourth-order valence-electron chi connectivity index (χ4n) is 0.995. The molecule has 0 saturated heterocycles. The molecular weight excluding hydrogens is 180 g/mol. The molecule has 84 valence electrons. The van der Waals surface area contributed by atoms with Crippen LogP contribution in [0.5, 0.6) is 0 Å². The highest BCUT2D eigenvalue weighted by Gasteiger charge is 2.18. The first kappa shape index (κ1) is 13.4. The highest BCUT2D eigenvalue weighted by atomic mass is 16.5. The summed E-state index contributed by atoms with van der Waals surface area (Å²) in [7, 11) is 0. The van der Waals surface area contributed by atoms with E-state index in [-0.39, 0.29) is 23.9 Å². The SMILES string of the molecule is CC(C)C(=O)O[C@@H](C)C[C@@H](O)C(C)C. The monoisotopic (exact) mass is 202 g/mol. The van der Waals surface area contributed by atoms with Crippen molar-refractivity contribution >= 4 is 5.97 Å². The molecule has 0 unspecified atom stereocenters. The molecule has 1 N–H and O–H groups in total. The third-order valence-corrected chi connectivity index (χ3v) is 2.13. The van der Waals surface area contributed by atoms with Gasteiger partial charge in [-0.2, -0.15) is 0 Å². The lowest BCUT2D eigenvalue weighted by molar-refractivity contribution is -0.153. The molecule has 0 amide bonds. The van der Waals surface area contributed by atoms with E-state index in [1.165, 1.54) is 0 Å². The molecule has 0 radical (unpaired) electrons. The zero-order valence-electron chi connectivity index (χ0n) is 9.78. The van der Waals surface area contributed by atoms with Crippen molar-refractivity contribution in [1.82, 2.24) is 0 Å². The van der Waals surface area contributed by atoms with Crippen molar-refractivity contribution in [1.29, 1.82) is 0 Å². The Morgan fingerprint density at radius 3 is 2.07 bits per heavy atom. The van der Waals surface area contributed by atoms with Gasteiger partial charge in [0.1, 0.15) is 6.10 Å². The first-order valence-electron chi connectivity index (χ1n) is 5.23. The highest BCUT2D eigenvalue weighted by Crippen LogP contribution is 2.11. The van der Waals surface area contributed by atoms with Crippen molar-refractivity contribution < 1.29 is 14.6 Å². The number of hydrogen-bond donors (Lipinski definition) is 1. The fraction of sp³-hybridized carbons (Fsp3) is 0.909. The van der Waals surface area contributed by atoms with Crippen molar-refractivity contribution in [2.24, 2.45) is 11.8 Å². The third-order valence-electron chi connectivity index (χ3n) is 2.13. The van der Waals surface area contributed by atoms with Gasteiger partial charge in [0, 0.05) is 6.42 Å². The number of carbonyl (C=O) groups is 1. The maximum Gasteiger partial charge on any atom is 0.308 e. The molecule has 0 aromatic heterocycles. The van der Waals surface area contributed by atoms with Gasteiger partial charge in [0.15, 0.2) is 0 Å². The van der Waals surface area contributed by atoms with Crippen LogP contribution in [0.15, 0.2) is 0 Å². The lowest BCUT2D eigenvalue weighted by Crippen LogP contribution is -2.26. The Hall–Kier alpha value is -0.570. The van der Waals surface area contributed by atoms with Gasteiger partial charge in [-0.25, -0.2) is 0 Å². The molecule has 0 saturated carbocycles. The predicted octanol–water partition coefficient (Wildman–Crippen LogP) is 1.98. The lowest BCUT2D eigenvalue weighted by atomic mass is 10.0. The molecule has 0 heterocycles. The van der Waals surface area contributed by atoms with Crippen LogP contribution >= 0.6 is 0 Å². The standard InChI is InChI=1S/C11H22O3/c1-7(2)10(12)6-9(5)14-11(13)8(3)4/h7-10,12H,6H2,1-5H3/t9-,10+/m0/s1. The molecule has 0 fully saturated rings. The van der Waals surface area contributed by atoms with Crippen molar-refractivity contribution in [2.75, 3.05) is 0 Å². The number of rotatable bonds is 5. The van der Waals surface area contributed by atoms with Crippen molar-refractivity contribution in [2.45, 2.75) is 53.2 Å². The summed E-state index contributed by atoms with van der Waals surface area (Å²) >= 11 is 0. The fourth-order valence-corrected chi connectivity index (χ4v) is 0.995. The molecule has 0 aliphatic heterocycles. The van der Waals surface area contributed by atoms with Crippen LogP contribution in [-0.4, -0.2) is 23.3 Å². The van der Waals surface area contributed by atoms with Gasteiger partial charge in [0.25, 0.3) is 0 Å². The van der Waals surface area contributed by atoms with E-state index < -0.39 is 6.10 Å². The summed E-state index contributed by atoms with van der Waals surface area (Å²) in [6, 6.07) is 0. The van der Waals surface area contributed by atoms with Gasteiger partial charge in [-0.05, 0) is 12.8 Å². The largest absolute Gasteiger partial charge is 0.462 e. The van der Waals surface area contributed by atoms with Gasteiger partial charge < -0.3 is 9.84 Å². The molecule has 0 aromatic carbocycles. The van der Waals surface area contributed by atoms with Crippen LogP contribution in [0.1, 0.15) is 41.0 Å². The second kappa shape index (κ2) is 6.02. The Bertz CT molecular complexity index is 175. The Kier molecular flexibility index (Phi) is 5.77. The number of hydrogen-bond acceptors (Lipinski definition) is 3. The summed E-state index contributed by atoms with van der Waals surface area (Å²) < 4.78 is 5.13. The molecule has 2 atom stereocenters. The quantitative estimate of drug-likeness (QED) is 0.693. The molecule has 3 heteroatoms. The zero-order valence-corrected chi connectivity index (χ0v) is 9.78. The topological polar surface area (TPSA) is 46.5 Å². The van der Waals surface area contributed by atoms with Gasteiger partial charge in [-0.1, -0.05) is 27.7 Å². The van der Waals surface area contributed by atoms with Gasteiger partial charge in [-0.3, -0.25) is 4.79 Å². The summed E-state index contributed by atoms with van der Waals surface area (Å²) in [5, 5.41) is 9.56. The van der Waals surface area contributed by atoms with E-state index in [0.717, 1.165) is 0 Å². The Labute approximate surface area is 86.5 Å². The first-order chi connectivity index (χ1) is 6.34. The molecular formula is C11H22O3. The Balaban J connectivity index is 3.86. The van der Waals surface area contributed by atoms with Crippen LogP contribution in [0.2, 0.25) is 0 Å². The van der Waals surface area contributed by atoms with Crippen LogP contribution < -0.4 is 0 Å². The summed E-state index contributed by atoms with van der Waals surface area (Å²) in [5.41, 5.74) is 0. The smallest absolute Gasteiger partial charge is 0.308 e. The van der Waals surface area contributed by atoms with Crippen LogP contribution in [0.4, 0.5) is 0 Å². The maximum absolute atomic E-state index is 11.2. The Morgan fingerprint density at radius 1 is 1.21 bits per heavy atom. The molecule has 0 rings (SSSR count). The van der Waals surface area contributed by atoms with E-state index in [9.17, 15) is 9.90 Å².